The van der Waals surface area contributed by atoms with Gasteiger partial charge in [0.15, 0.2) is 0 Å². The lowest BCUT2D eigenvalue weighted by atomic mass is 10.3. The van der Waals surface area contributed by atoms with E-state index in [2.05, 4.69) is 9.73 Å². The average molecular weight is 204 g/mol. The fraction of sp³-hybridized carbons (Fsp3) is 0.273. The smallest absolute Gasteiger partial charge is 0.325 e. The number of hydrogen-bond acceptors (Lipinski definition) is 4. The molecule has 1 aromatic carbocycles. The summed E-state index contributed by atoms with van der Waals surface area (Å²) in [5.74, 6) is -0.249. The average Bonchev–Trinajstić information content (AvgIpc) is 2.29. The predicted molar refractivity (Wildman–Crippen MR) is 55.3 cm³/mol. The Morgan fingerprint density at radius 2 is 2.33 bits per heavy atom. The second-order valence-electron chi connectivity index (χ2n) is 3.31. The third-order valence-electron chi connectivity index (χ3n) is 2.24. The zero-order valence-electron chi connectivity index (χ0n) is 8.51. The van der Waals surface area contributed by atoms with Crippen molar-refractivity contribution in [3.05, 3.63) is 34.8 Å². The lowest BCUT2D eigenvalue weighted by molar-refractivity contribution is -0.141. The van der Waals surface area contributed by atoms with E-state index in [0.29, 0.717) is 6.67 Å². The molecule has 0 amide bonds. The van der Waals surface area contributed by atoms with Crippen LogP contribution in [0.25, 0.3) is 6.20 Å². The van der Waals surface area contributed by atoms with Crippen molar-refractivity contribution in [2.45, 2.75) is 0 Å². The number of esters is 1. The molecule has 0 saturated heterocycles. The maximum absolute atomic E-state index is 11.1. The molecule has 4 heteroatoms. The van der Waals surface area contributed by atoms with Crippen LogP contribution in [-0.4, -0.2) is 31.2 Å². The summed E-state index contributed by atoms with van der Waals surface area (Å²) in [6, 6.07) is 7.84. The van der Waals surface area contributed by atoms with Gasteiger partial charge in [0, 0.05) is 11.4 Å². The molecule has 0 N–H and O–H groups in total. The minimum Gasteiger partial charge on any atom is -0.468 e. The molecular weight excluding hydrogens is 192 g/mol. The van der Waals surface area contributed by atoms with Crippen LogP contribution in [0.2, 0.25) is 0 Å². The lowest BCUT2D eigenvalue weighted by Gasteiger charge is -2.18. The molecule has 15 heavy (non-hydrogen) atoms. The molecule has 1 aliphatic rings. The number of benzene rings is 1. The van der Waals surface area contributed by atoms with Gasteiger partial charge in [-0.15, -0.1) is 0 Å². The van der Waals surface area contributed by atoms with E-state index in [4.69, 9.17) is 0 Å². The van der Waals surface area contributed by atoms with Gasteiger partial charge in [-0.05, 0) is 6.07 Å². The van der Waals surface area contributed by atoms with Gasteiger partial charge in [-0.2, -0.15) is 0 Å². The first-order valence-corrected chi connectivity index (χ1v) is 4.72. The molecule has 0 fully saturated rings. The first-order valence-electron chi connectivity index (χ1n) is 4.72. The molecule has 0 spiro atoms. The fourth-order valence-electron chi connectivity index (χ4n) is 1.47. The Balaban J connectivity index is 2.23. The van der Waals surface area contributed by atoms with Crippen molar-refractivity contribution in [2.75, 3.05) is 20.3 Å². The van der Waals surface area contributed by atoms with Crippen molar-refractivity contribution in [3.63, 3.8) is 0 Å². The van der Waals surface area contributed by atoms with Gasteiger partial charge in [0.1, 0.15) is 13.2 Å². The van der Waals surface area contributed by atoms with Crippen LogP contribution >= 0.6 is 0 Å². The summed E-state index contributed by atoms with van der Waals surface area (Å²) in [5, 5.41) is 2.01. The summed E-state index contributed by atoms with van der Waals surface area (Å²) in [6.07, 6.45) is 1.93. The molecule has 0 atom stereocenters. The molecule has 0 saturated carbocycles. The molecule has 0 radical (unpaired) electrons. The Morgan fingerprint density at radius 1 is 1.53 bits per heavy atom. The lowest BCUT2D eigenvalue weighted by Crippen LogP contribution is -2.37. The summed E-state index contributed by atoms with van der Waals surface area (Å²) >= 11 is 0. The largest absolute Gasteiger partial charge is 0.468 e. The van der Waals surface area contributed by atoms with Crippen LogP contribution in [-0.2, 0) is 9.53 Å². The zero-order chi connectivity index (χ0) is 10.7. The van der Waals surface area contributed by atoms with Gasteiger partial charge in [0.2, 0.25) is 0 Å². The number of ether oxygens (including phenoxy) is 1. The van der Waals surface area contributed by atoms with Crippen molar-refractivity contribution in [1.29, 1.82) is 0 Å². The summed E-state index contributed by atoms with van der Waals surface area (Å²) < 4.78 is 4.60. The van der Waals surface area contributed by atoms with Gasteiger partial charge in [-0.25, -0.2) is 0 Å². The highest BCUT2D eigenvalue weighted by molar-refractivity contribution is 5.72. The van der Waals surface area contributed by atoms with Gasteiger partial charge in [-0.1, -0.05) is 18.2 Å². The minimum atomic E-state index is -0.249. The van der Waals surface area contributed by atoms with E-state index in [1.165, 1.54) is 7.11 Å². The van der Waals surface area contributed by atoms with Crippen LogP contribution in [0.3, 0.4) is 0 Å². The Labute approximate surface area is 87.5 Å². The number of fused-ring (bicyclic) bond motifs is 1. The van der Waals surface area contributed by atoms with Crippen LogP contribution < -0.4 is 10.6 Å². The van der Waals surface area contributed by atoms with Gasteiger partial charge in [0.25, 0.3) is 0 Å². The molecule has 4 nitrogen and oxygen atoms in total. The van der Waals surface area contributed by atoms with Crippen molar-refractivity contribution in [3.8, 4) is 0 Å². The maximum atomic E-state index is 11.1. The number of methoxy groups -OCH3 is 1. The molecule has 1 heterocycles. The number of rotatable bonds is 2. The van der Waals surface area contributed by atoms with E-state index in [1.807, 2.05) is 35.4 Å². The van der Waals surface area contributed by atoms with Crippen molar-refractivity contribution in [1.82, 2.24) is 4.90 Å². The molecule has 1 aliphatic heterocycles. The van der Waals surface area contributed by atoms with E-state index >= 15 is 0 Å². The van der Waals surface area contributed by atoms with E-state index in [-0.39, 0.29) is 12.5 Å². The molecule has 0 aliphatic carbocycles. The molecule has 0 bridgehead atoms. The number of carbonyl (C=O) groups is 1. The second-order valence-corrected chi connectivity index (χ2v) is 3.31. The minimum absolute atomic E-state index is 0.244. The molecule has 0 unspecified atom stereocenters. The Hall–Kier alpha value is -1.84. The summed E-state index contributed by atoms with van der Waals surface area (Å²) in [6.45, 7) is 0.750. The predicted octanol–water partition coefficient (Wildman–Crippen LogP) is -0.510. The summed E-state index contributed by atoms with van der Waals surface area (Å²) in [5.41, 5.74) is 0. The maximum Gasteiger partial charge on any atom is 0.325 e. The normalized spacial score (nSPS) is 13.5. The number of hydrogen-bond donors (Lipinski definition) is 0. The van der Waals surface area contributed by atoms with Gasteiger partial charge in [0.05, 0.1) is 12.5 Å². The monoisotopic (exact) mass is 204 g/mol. The third-order valence-corrected chi connectivity index (χ3v) is 2.24. The molecule has 0 aromatic heterocycles. The van der Waals surface area contributed by atoms with Crippen molar-refractivity contribution < 1.29 is 9.53 Å². The first-order chi connectivity index (χ1) is 7.29. The van der Waals surface area contributed by atoms with Crippen LogP contribution in [0.1, 0.15) is 0 Å². The standard InChI is InChI=1S/C11H12N2O2/c1-15-11(14)7-13-6-9-4-2-3-5-10(9)12-8-13/h2-6H,7-8H2,1H3. The first kappa shape index (κ1) is 9.71. The van der Waals surface area contributed by atoms with Gasteiger partial charge < -0.3 is 9.64 Å². The summed E-state index contributed by atoms with van der Waals surface area (Å²) in [7, 11) is 1.39. The van der Waals surface area contributed by atoms with Gasteiger partial charge >= 0.3 is 5.97 Å². The Morgan fingerprint density at radius 3 is 3.13 bits per heavy atom. The van der Waals surface area contributed by atoms with Crippen LogP contribution in [0, 0.1) is 0 Å². The van der Waals surface area contributed by atoms with E-state index in [1.54, 1.807) is 0 Å². The molecule has 78 valence electrons. The zero-order valence-corrected chi connectivity index (χ0v) is 8.51. The number of nitrogens with zero attached hydrogens (tertiary/aromatic N) is 2. The van der Waals surface area contributed by atoms with E-state index < -0.39 is 0 Å². The van der Waals surface area contributed by atoms with E-state index in [9.17, 15) is 4.79 Å². The highest BCUT2D eigenvalue weighted by atomic mass is 16.5. The highest BCUT2D eigenvalue weighted by Crippen LogP contribution is 1.93. The summed E-state index contributed by atoms with van der Waals surface area (Å²) in [4.78, 5) is 17.2. The third kappa shape index (κ3) is 2.15. The SMILES string of the molecule is COC(=O)CN1C=c2ccccc2=NC1. The van der Waals surface area contributed by atoms with Crippen molar-refractivity contribution in [2.24, 2.45) is 4.99 Å². The highest BCUT2D eigenvalue weighted by Gasteiger charge is 2.08. The van der Waals surface area contributed by atoms with Crippen molar-refractivity contribution >= 4 is 12.2 Å². The molecular formula is C11H12N2O2. The Bertz CT molecular complexity index is 482. The number of para-hydroxylation sites is 1. The van der Waals surface area contributed by atoms with Crippen LogP contribution in [0.4, 0.5) is 0 Å². The van der Waals surface area contributed by atoms with Crippen LogP contribution in [0.15, 0.2) is 29.3 Å². The van der Waals surface area contributed by atoms with Crippen LogP contribution in [0.5, 0.6) is 0 Å². The topological polar surface area (TPSA) is 41.9 Å². The number of carbonyl (C=O) groups excluding carboxylic acids is 1. The van der Waals surface area contributed by atoms with E-state index in [0.717, 1.165) is 10.6 Å². The Kier molecular flexibility index (Phi) is 2.67. The molecule has 2 rings (SSSR count). The fourth-order valence-corrected chi connectivity index (χ4v) is 1.47. The second kappa shape index (κ2) is 4.13. The van der Waals surface area contributed by atoms with Gasteiger partial charge in [-0.3, -0.25) is 9.79 Å². The quantitative estimate of drug-likeness (QED) is 0.609. The molecule has 1 aromatic rings.